The molecule has 2 aliphatic rings. The first-order chi connectivity index (χ1) is 13.1. The lowest BCUT2D eigenvalue weighted by Gasteiger charge is -2.29. The van der Waals surface area contributed by atoms with Crippen molar-refractivity contribution in [2.45, 2.75) is 18.9 Å². The highest BCUT2D eigenvalue weighted by Crippen LogP contribution is 2.37. The largest absolute Gasteiger partial charge is 0.378 e. The second-order valence-corrected chi connectivity index (χ2v) is 7.71. The molecular weight excluding hydrogens is 366 g/mol. The monoisotopic (exact) mass is 387 g/mol. The first kappa shape index (κ1) is 17.9. The first-order valence-electron chi connectivity index (χ1n) is 9.10. The number of nitro benzene ring substituents is 1. The van der Waals surface area contributed by atoms with Gasteiger partial charge < -0.3 is 14.5 Å². The van der Waals surface area contributed by atoms with Crippen LogP contribution in [0.3, 0.4) is 0 Å². The van der Waals surface area contributed by atoms with Crippen molar-refractivity contribution >= 4 is 28.6 Å². The van der Waals surface area contributed by atoms with Gasteiger partial charge in [0.15, 0.2) is 0 Å². The quantitative estimate of drug-likeness (QED) is 0.593. The zero-order valence-electron chi connectivity index (χ0n) is 14.9. The fraction of sp³-hybridized carbons (Fsp3) is 0.421. The van der Waals surface area contributed by atoms with Gasteiger partial charge in [0.25, 0.3) is 11.6 Å². The summed E-state index contributed by atoms with van der Waals surface area (Å²) in [6.45, 7) is 3.00. The maximum atomic E-state index is 13.1. The standard InChI is InChI=1S/C19H21N3O4S/c23-19(21-7-1-3-16(21)18-4-2-12-27-18)14-5-6-15(17(13-14)22(24)25)20-8-10-26-11-9-20/h2,4-6,12-13,16H,1,3,7-11H2. The predicted octanol–water partition coefficient (Wildman–Crippen LogP) is 3.47. The zero-order valence-corrected chi connectivity index (χ0v) is 15.7. The molecule has 1 unspecified atom stereocenters. The van der Waals surface area contributed by atoms with E-state index < -0.39 is 4.92 Å². The number of morpholine rings is 1. The number of hydrogen-bond acceptors (Lipinski definition) is 6. The Hall–Kier alpha value is -2.45. The van der Waals surface area contributed by atoms with Gasteiger partial charge in [-0.2, -0.15) is 0 Å². The van der Waals surface area contributed by atoms with Gasteiger partial charge >= 0.3 is 0 Å². The molecule has 142 valence electrons. The topological polar surface area (TPSA) is 75.9 Å². The summed E-state index contributed by atoms with van der Waals surface area (Å²) in [6, 6.07) is 8.94. The van der Waals surface area contributed by atoms with Crippen LogP contribution in [0.25, 0.3) is 0 Å². The van der Waals surface area contributed by atoms with E-state index in [1.54, 1.807) is 23.5 Å². The highest BCUT2D eigenvalue weighted by Gasteiger charge is 2.32. The van der Waals surface area contributed by atoms with E-state index in [9.17, 15) is 14.9 Å². The number of benzene rings is 1. The molecule has 2 aliphatic heterocycles. The Morgan fingerprint density at radius 1 is 1.22 bits per heavy atom. The van der Waals surface area contributed by atoms with E-state index in [1.165, 1.54) is 10.9 Å². The van der Waals surface area contributed by atoms with E-state index in [0.717, 1.165) is 12.8 Å². The number of likely N-dealkylation sites (tertiary alicyclic amines) is 1. The van der Waals surface area contributed by atoms with Gasteiger partial charge in [-0.3, -0.25) is 14.9 Å². The smallest absolute Gasteiger partial charge is 0.293 e. The molecule has 0 radical (unpaired) electrons. The summed E-state index contributed by atoms with van der Waals surface area (Å²) in [5, 5.41) is 13.6. The second-order valence-electron chi connectivity index (χ2n) is 6.73. The van der Waals surface area contributed by atoms with Crippen LogP contribution in [-0.4, -0.2) is 48.6 Å². The Labute approximate surface area is 161 Å². The van der Waals surface area contributed by atoms with Gasteiger partial charge in [0, 0.05) is 36.1 Å². The van der Waals surface area contributed by atoms with Crippen molar-refractivity contribution in [3.05, 3.63) is 56.3 Å². The van der Waals surface area contributed by atoms with Crippen molar-refractivity contribution in [2.24, 2.45) is 0 Å². The van der Waals surface area contributed by atoms with Crippen molar-refractivity contribution in [2.75, 3.05) is 37.7 Å². The summed E-state index contributed by atoms with van der Waals surface area (Å²) in [4.78, 5) is 29.3. The third kappa shape index (κ3) is 3.54. The highest BCUT2D eigenvalue weighted by molar-refractivity contribution is 7.10. The van der Waals surface area contributed by atoms with Gasteiger partial charge in [-0.15, -0.1) is 11.3 Å². The van der Waals surface area contributed by atoms with Crippen LogP contribution in [-0.2, 0) is 4.74 Å². The predicted molar refractivity (Wildman–Crippen MR) is 103 cm³/mol. The molecule has 1 aromatic heterocycles. The molecule has 0 aliphatic carbocycles. The van der Waals surface area contributed by atoms with Crippen molar-refractivity contribution in [3.8, 4) is 0 Å². The maximum Gasteiger partial charge on any atom is 0.293 e. The van der Waals surface area contributed by atoms with Crippen molar-refractivity contribution in [1.82, 2.24) is 4.90 Å². The number of carbonyl (C=O) groups is 1. The molecular formula is C19H21N3O4S. The lowest BCUT2D eigenvalue weighted by molar-refractivity contribution is -0.384. The van der Waals surface area contributed by atoms with Crippen molar-refractivity contribution < 1.29 is 14.5 Å². The summed E-state index contributed by atoms with van der Waals surface area (Å²) in [5.74, 6) is -0.137. The molecule has 2 saturated heterocycles. The Bertz CT molecular complexity index is 833. The molecule has 0 N–H and O–H groups in total. The minimum Gasteiger partial charge on any atom is -0.378 e. The Balaban J connectivity index is 1.62. The number of hydrogen-bond donors (Lipinski definition) is 0. The van der Waals surface area contributed by atoms with E-state index in [-0.39, 0.29) is 17.6 Å². The Morgan fingerprint density at radius 3 is 2.74 bits per heavy atom. The molecule has 27 heavy (non-hydrogen) atoms. The van der Waals surface area contributed by atoms with Crippen LogP contribution in [0.1, 0.15) is 34.1 Å². The van der Waals surface area contributed by atoms with Crippen molar-refractivity contribution in [3.63, 3.8) is 0 Å². The normalized spacial score (nSPS) is 20.1. The van der Waals surface area contributed by atoms with Gasteiger partial charge in [0.05, 0.1) is 24.2 Å². The van der Waals surface area contributed by atoms with Crippen LogP contribution in [0.4, 0.5) is 11.4 Å². The van der Waals surface area contributed by atoms with Crippen LogP contribution in [0.5, 0.6) is 0 Å². The van der Waals surface area contributed by atoms with Crippen LogP contribution < -0.4 is 4.90 Å². The summed E-state index contributed by atoms with van der Waals surface area (Å²) in [6.07, 6.45) is 1.88. The minimum absolute atomic E-state index is 0.0189. The third-order valence-corrected chi connectivity index (χ3v) is 6.13. The fourth-order valence-corrected chi connectivity index (χ4v) is 4.70. The summed E-state index contributed by atoms with van der Waals surface area (Å²) in [5.41, 5.74) is 0.910. The van der Waals surface area contributed by atoms with Gasteiger partial charge in [0.1, 0.15) is 5.69 Å². The third-order valence-electron chi connectivity index (χ3n) is 5.16. The van der Waals surface area contributed by atoms with Crippen LogP contribution in [0, 0.1) is 10.1 Å². The molecule has 7 nitrogen and oxygen atoms in total. The van der Waals surface area contributed by atoms with Crippen LogP contribution in [0.2, 0.25) is 0 Å². The molecule has 2 aromatic rings. The Morgan fingerprint density at radius 2 is 2.04 bits per heavy atom. The molecule has 4 rings (SSSR count). The van der Waals surface area contributed by atoms with E-state index >= 15 is 0 Å². The first-order valence-corrected chi connectivity index (χ1v) is 9.98. The molecule has 0 spiro atoms. The van der Waals surface area contributed by atoms with Crippen LogP contribution in [0.15, 0.2) is 35.7 Å². The second kappa shape index (κ2) is 7.66. The van der Waals surface area contributed by atoms with E-state index in [4.69, 9.17) is 4.74 Å². The van der Waals surface area contributed by atoms with E-state index in [1.807, 2.05) is 27.3 Å². The number of nitro groups is 1. The lowest BCUT2D eigenvalue weighted by atomic mass is 10.1. The van der Waals surface area contributed by atoms with Gasteiger partial charge in [0.2, 0.25) is 0 Å². The number of thiophene rings is 1. The Kier molecular flexibility index (Phi) is 5.09. The summed E-state index contributed by atoms with van der Waals surface area (Å²) < 4.78 is 5.33. The molecule has 1 amide bonds. The zero-order chi connectivity index (χ0) is 18.8. The van der Waals surface area contributed by atoms with Crippen LogP contribution >= 0.6 is 11.3 Å². The number of amides is 1. The number of anilines is 1. The van der Waals surface area contributed by atoms with E-state index in [2.05, 4.69) is 0 Å². The molecule has 1 aromatic carbocycles. The maximum absolute atomic E-state index is 13.1. The molecule has 8 heteroatoms. The molecule has 0 bridgehead atoms. The fourth-order valence-electron chi connectivity index (χ4n) is 3.83. The molecule has 3 heterocycles. The average Bonchev–Trinajstić information content (AvgIpc) is 3.39. The highest BCUT2D eigenvalue weighted by atomic mass is 32.1. The molecule has 0 saturated carbocycles. The van der Waals surface area contributed by atoms with Crippen molar-refractivity contribution in [1.29, 1.82) is 0 Å². The minimum atomic E-state index is -0.400. The number of carbonyl (C=O) groups excluding carboxylic acids is 1. The number of rotatable bonds is 4. The number of ether oxygens (including phenoxy) is 1. The molecule has 1 atom stereocenters. The summed E-state index contributed by atoms with van der Waals surface area (Å²) in [7, 11) is 0. The SMILES string of the molecule is O=C(c1ccc(N2CCOCC2)c([N+](=O)[O-])c1)N1CCCC1c1cccs1. The molecule has 2 fully saturated rings. The summed E-state index contributed by atoms with van der Waals surface area (Å²) >= 11 is 1.65. The lowest BCUT2D eigenvalue weighted by Crippen LogP contribution is -2.36. The van der Waals surface area contributed by atoms with Gasteiger partial charge in [-0.25, -0.2) is 0 Å². The van der Waals surface area contributed by atoms with E-state index in [0.29, 0.717) is 44.1 Å². The average molecular weight is 387 g/mol. The number of nitrogens with zero attached hydrogens (tertiary/aromatic N) is 3. The van der Waals surface area contributed by atoms with Gasteiger partial charge in [-0.05, 0) is 36.4 Å². The van der Waals surface area contributed by atoms with Gasteiger partial charge in [-0.1, -0.05) is 6.07 Å².